The molecule has 1 saturated carbocycles. The highest BCUT2D eigenvalue weighted by molar-refractivity contribution is 6.07. The number of phenolic OH excluding ortho intramolecular Hbond substituents is 1. The second-order valence-electron chi connectivity index (χ2n) is 8.60. The van der Waals surface area contributed by atoms with Crippen molar-refractivity contribution in [3.63, 3.8) is 0 Å². The molecule has 2 N–H and O–H groups in total. The molecule has 32 heavy (non-hydrogen) atoms. The number of hydrogen-bond donors (Lipinski definition) is 2. The van der Waals surface area contributed by atoms with Gasteiger partial charge in [0.2, 0.25) is 17.7 Å². The fraction of sp³-hybridized carbons (Fsp3) is 0.320. The van der Waals surface area contributed by atoms with E-state index in [-0.39, 0.29) is 53.3 Å². The number of phenols is 1. The Morgan fingerprint density at radius 2 is 1.69 bits per heavy atom. The fourth-order valence-electron chi connectivity index (χ4n) is 5.37. The van der Waals surface area contributed by atoms with Crippen molar-refractivity contribution in [2.45, 2.75) is 18.9 Å². The molecule has 5 atom stereocenters. The molecule has 0 spiro atoms. The Labute approximate surface area is 185 Å². The van der Waals surface area contributed by atoms with E-state index >= 15 is 0 Å². The second-order valence-corrected chi connectivity index (χ2v) is 8.60. The number of carbonyl (C=O) groups is 3. The van der Waals surface area contributed by atoms with Gasteiger partial charge in [-0.15, -0.1) is 0 Å². The number of imide groups is 1. The van der Waals surface area contributed by atoms with E-state index in [4.69, 9.17) is 4.74 Å². The van der Waals surface area contributed by atoms with Crippen molar-refractivity contribution >= 4 is 23.4 Å². The zero-order valence-electron chi connectivity index (χ0n) is 17.6. The van der Waals surface area contributed by atoms with Crippen LogP contribution in [-0.2, 0) is 14.4 Å². The van der Waals surface area contributed by atoms with Crippen molar-refractivity contribution in [2.24, 2.45) is 23.7 Å². The topological polar surface area (TPSA) is 95.9 Å². The lowest BCUT2D eigenvalue weighted by Gasteiger charge is -2.28. The van der Waals surface area contributed by atoms with Crippen LogP contribution in [0.4, 0.5) is 5.69 Å². The van der Waals surface area contributed by atoms with Gasteiger partial charge >= 0.3 is 0 Å². The van der Waals surface area contributed by atoms with Gasteiger partial charge in [0.25, 0.3) is 0 Å². The maximum absolute atomic E-state index is 13.4. The minimum Gasteiger partial charge on any atom is -0.506 e. The smallest absolute Gasteiger partial charge is 0.234 e. The van der Waals surface area contributed by atoms with E-state index < -0.39 is 11.9 Å². The third-order valence-electron chi connectivity index (χ3n) is 6.87. The van der Waals surface area contributed by atoms with Crippen LogP contribution in [0, 0.1) is 23.7 Å². The SMILES string of the molecule is COc1ccc(C(CC(=O)Nc2ccccc2O)N2C(=O)C3C4C=CC(C4)C3C2=O)cc1. The fourth-order valence-corrected chi connectivity index (χ4v) is 5.37. The number of benzene rings is 2. The summed E-state index contributed by atoms with van der Waals surface area (Å²) in [5.41, 5.74) is 0.962. The van der Waals surface area contributed by atoms with E-state index in [1.807, 2.05) is 12.2 Å². The summed E-state index contributed by atoms with van der Waals surface area (Å²) in [5.74, 6) is -0.682. The molecule has 7 nitrogen and oxygen atoms in total. The monoisotopic (exact) mass is 432 g/mol. The van der Waals surface area contributed by atoms with E-state index in [0.29, 0.717) is 11.3 Å². The Morgan fingerprint density at radius 1 is 1.06 bits per heavy atom. The van der Waals surface area contributed by atoms with Gasteiger partial charge < -0.3 is 15.2 Å². The van der Waals surface area contributed by atoms with Crippen LogP contribution in [0.25, 0.3) is 0 Å². The number of rotatable bonds is 6. The van der Waals surface area contributed by atoms with Crippen LogP contribution < -0.4 is 10.1 Å². The molecule has 1 heterocycles. The molecule has 0 aromatic heterocycles. The highest BCUT2D eigenvalue weighted by atomic mass is 16.5. The number of anilines is 1. The molecule has 7 heteroatoms. The summed E-state index contributed by atoms with van der Waals surface area (Å²) in [6.45, 7) is 0. The zero-order chi connectivity index (χ0) is 22.4. The Balaban J connectivity index is 1.45. The number of aromatic hydroxyl groups is 1. The molecule has 164 valence electrons. The van der Waals surface area contributed by atoms with Crippen LogP contribution >= 0.6 is 0 Å². The number of allylic oxidation sites excluding steroid dienone is 2. The second kappa shape index (κ2) is 7.82. The predicted octanol–water partition coefficient (Wildman–Crippen LogP) is 3.28. The molecule has 2 aliphatic carbocycles. The van der Waals surface area contributed by atoms with Gasteiger partial charge in [-0.25, -0.2) is 0 Å². The van der Waals surface area contributed by atoms with Crippen LogP contribution in [0.1, 0.15) is 24.4 Å². The zero-order valence-corrected chi connectivity index (χ0v) is 17.6. The average Bonchev–Trinajstić information content (AvgIpc) is 3.48. The van der Waals surface area contributed by atoms with Gasteiger partial charge in [0.15, 0.2) is 0 Å². The first kappa shape index (κ1) is 20.3. The number of methoxy groups -OCH3 is 1. The Bertz CT molecular complexity index is 1080. The van der Waals surface area contributed by atoms with Crippen LogP contribution in [0.5, 0.6) is 11.5 Å². The Hall–Kier alpha value is -3.61. The predicted molar refractivity (Wildman–Crippen MR) is 117 cm³/mol. The highest BCUT2D eigenvalue weighted by Crippen LogP contribution is 2.54. The van der Waals surface area contributed by atoms with E-state index in [0.717, 1.165) is 6.42 Å². The maximum atomic E-state index is 13.4. The molecule has 1 saturated heterocycles. The van der Waals surface area contributed by atoms with Crippen molar-refractivity contribution in [2.75, 3.05) is 12.4 Å². The standard InChI is InChI=1S/C25H24N2O5/c1-32-17-10-8-14(9-11-17)19(13-21(29)26-18-4-2-3-5-20(18)28)27-24(30)22-15-6-7-16(12-15)23(22)25(27)31/h2-11,15-16,19,22-23,28H,12-13H2,1H3,(H,26,29). The third-order valence-corrected chi connectivity index (χ3v) is 6.87. The highest BCUT2D eigenvalue weighted by Gasteiger charge is 2.60. The Morgan fingerprint density at radius 3 is 2.28 bits per heavy atom. The molecule has 2 bridgehead atoms. The quantitative estimate of drug-likeness (QED) is 0.415. The Kier molecular flexibility index (Phi) is 4.96. The van der Waals surface area contributed by atoms with Gasteiger partial charge in [-0.3, -0.25) is 19.3 Å². The summed E-state index contributed by atoms with van der Waals surface area (Å²) in [5, 5.41) is 12.7. The van der Waals surface area contributed by atoms with Crippen molar-refractivity contribution in [3.05, 3.63) is 66.2 Å². The summed E-state index contributed by atoms with van der Waals surface area (Å²) in [6, 6.07) is 12.7. The third kappa shape index (κ3) is 3.25. The molecule has 1 aliphatic heterocycles. The molecule has 2 aromatic rings. The van der Waals surface area contributed by atoms with Gasteiger partial charge in [-0.1, -0.05) is 36.4 Å². The molecule has 5 rings (SSSR count). The van der Waals surface area contributed by atoms with Gasteiger partial charge in [0, 0.05) is 0 Å². The lowest BCUT2D eigenvalue weighted by molar-refractivity contribution is -0.144. The molecule has 3 aliphatic rings. The molecule has 0 radical (unpaired) electrons. The number of ether oxygens (including phenoxy) is 1. The average molecular weight is 432 g/mol. The van der Waals surface area contributed by atoms with Gasteiger partial charge in [0.05, 0.1) is 37.1 Å². The first-order chi connectivity index (χ1) is 15.5. The number of carbonyl (C=O) groups excluding carboxylic acids is 3. The van der Waals surface area contributed by atoms with Crippen molar-refractivity contribution < 1.29 is 24.2 Å². The van der Waals surface area contributed by atoms with Gasteiger partial charge in [-0.2, -0.15) is 0 Å². The number of nitrogens with one attached hydrogen (secondary N) is 1. The maximum Gasteiger partial charge on any atom is 0.234 e. The lowest BCUT2D eigenvalue weighted by Crippen LogP contribution is -2.38. The number of hydrogen-bond acceptors (Lipinski definition) is 5. The van der Waals surface area contributed by atoms with Crippen LogP contribution in [0.2, 0.25) is 0 Å². The van der Waals surface area contributed by atoms with Crippen LogP contribution in [0.3, 0.4) is 0 Å². The van der Waals surface area contributed by atoms with Crippen molar-refractivity contribution in [1.29, 1.82) is 0 Å². The molecule has 2 fully saturated rings. The number of para-hydroxylation sites is 2. The summed E-state index contributed by atoms with van der Waals surface area (Å²) >= 11 is 0. The van der Waals surface area contributed by atoms with E-state index in [2.05, 4.69) is 5.32 Å². The summed E-state index contributed by atoms with van der Waals surface area (Å²) < 4.78 is 5.22. The van der Waals surface area contributed by atoms with Crippen molar-refractivity contribution in [1.82, 2.24) is 4.90 Å². The van der Waals surface area contributed by atoms with E-state index in [9.17, 15) is 19.5 Å². The number of fused-ring (bicyclic) bond motifs is 5. The number of nitrogens with zero attached hydrogens (tertiary/aromatic N) is 1. The summed E-state index contributed by atoms with van der Waals surface area (Å²) in [7, 11) is 1.56. The first-order valence-electron chi connectivity index (χ1n) is 10.7. The number of likely N-dealkylation sites (tertiary alicyclic amines) is 1. The molecular weight excluding hydrogens is 408 g/mol. The minimum atomic E-state index is -0.739. The molecular formula is C25H24N2O5. The summed E-state index contributed by atoms with van der Waals surface area (Å²) in [6.07, 6.45) is 4.84. The normalized spacial score (nSPS) is 26.3. The van der Waals surface area contributed by atoms with Crippen LogP contribution in [-0.4, -0.2) is 34.8 Å². The summed E-state index contributed by atoms with van der Waals surface area (Å²) in [4.78, 5) is 41.0. The molecule has 3 amide bonds. The van der Waals surface area contributed by atoms with Gasteiger partial charge in [-0.05, 0) is 48.1 Å². The molecule has 2 aromatic carbocycles. The first-order valence-corrected chi connectivity index (χ1v) is 10.7. The van der Waals surface area contributed by atoms with Crippen molar-refractivity contribution in [3.8, 4) is 11.5 Å². The van der Waals surface area contributed by atoms with E-state index in [1.165, 1.54) is 11.0 Å². The molecule has 5 unspecified atom stereocenters. The van der Waals surface area contributed by atoms with E-state index in [1.54, 1.807) is 49.6 Å². The van der Waals surface area contributed by atoms with Gasteiger partial charge in [0.1, 0.15) is 11.5 Å². The lowest BCUT2D eigenvalue weighted by atomic mass is 9.85. The largest absolute Gasteiger partial charge is 0.506 e. The number of amides is 3. The van der Waals surface area contributed by atoms with Crippen LogP contribution in [0.15, 0.2) is 60.7 Å². The minimum absolute atomic E-state index is 0.0487.